The number of benzene rings is 2. The van der Waals surface area contributed by atoms with Gasteiger partial charge in [-0.05, 0) is 50.3 Å². The van der Waals surface area contributed by atoms with E-state index in [1.807, 2.05) is 4.90 Å². The Morgan fingerprint density at radius 3 is 2.32 bits per heavy atom. The van der Waals surface area contributed by atoms with Gasteiger partial charge < -0.3 is 15.5 Å². The Kier molecular flexibility index (Phi) is 6.78. The lowest BCUT2D eigenvalue weighted by molar-refractivity contribution is -0.384. The van der Waals surface area contributed by atoms with Crippen LogP contribution in [0.5, 0.6) is 0 Å². The molecule has 2 aromatic rings. The van der Waals surface area contributed by atoms with E-state index < -0.39 is 16.7 Å². The molecule has 2 rings (SSSR count). The van der Waals surface area contributed by atoms with E-state index in [1.165, 1.54) is 30.3 Å². The maximum atomic E-state index is 13.1. The second-order valence-electron chi connectivity index (χ2n) is 6.45. The van der Waals surface area contributed by atoms with E-state index in [0.29, 0.717) is 11.3 Å². The van der Waals surface area contributed by atoms with Gasteiger partial charge in [-0.1, -0.05) is 12.1 Å². The van der Waals surface area contributed by atoms with Gasteiger partial charge in [-0.3, -0.25) is 19.7 Å². The predicted octanol–water partition coefficient (Wildman–Crippen LogP) is 2.40. The number of non-ortho nitro benzene ring substituents is 1. The van der Waals surface area contributed by atoms with Gasteiger partial charge in [0.1, 0.15) is 5.82 Å². The molecule has 0 spiro atoms. The highest BCUT2D eigenvalue weighted by atomic mass is 19.1. The topological polar surface area (TPSA) is 105 Å². The van der Waals surface area contributed by atoms with Crippen LogP contribution in [0.3, 0.4) is 0 Å². The summed E-state index contributed by atoms with van der Waals surface area (Å²) in [5.74, 6) is -2.08. The maximum absolute atomic E-state index is 13.1. The normalized spacial score (nSPS) is 11.8. The molecule has 0 heterocycles. The Morgan fingerprint density at radius 1 is 1.14 bits per heavy atom. The summed E-state index contributed by atoms with van der Waals surface area (Å²) in [6.07, 6.45) is 0. The van der Waals surface area contributed by atoms with E-state index in [-0.39, 0.29) is 24.1 Å². The van der Waals surface area contributed by atoms with Crippen LogP contribution in [0.1, 0.15) is 17.2 Å². The number of likely N-dealkylation sites (N-methyl/N-ethyl adjacent to an activating group) is 1. The third-order valence-electron chi connectivity index (χ3n) is 4.21. The number of carbonyl (C=O) groups excluding carboxylic acids is 2. The molecule has 9 heteroatoms. The number of nitrogens with zero attached hydrogens (tertiary/aromatic N) is 2. The smallest absolute Gasteiger partial charge is 0.313 e. The number of nitro groups is 1. The van der Waals surface area contributed by atoms with Crippen molar-refractivity contribution < 1.29 is 18.9 Å². The predicted molar refractivity (Wildman–Crippen MR) is 102 cm³/mol. The van der Waals surface area contributed by atoms with Crippen LogP contribution in [0.25, 0.3) is 0 Å². The van der Waals surface area contributed by atoms with Crippen molar-refractivity contribution in [1.82, 2.24) is 10.2 Å². The summed E-state index contributed by atoms with van der Waals surface area (Å²) in [6.45, 7) is 1.74. The van der Waals surface area contributed by atoms with Gasteiger partial charge in [-0.25, -0.2) is 4.39 Å². The molecule has 0 bridgehead atoms. The van der Waals surface area contributed by atoms with E-state index in [4.69, 9.17) is 0 Å². The lowest BCUT2D eigenvalue weighted by Crippen LogP contribution is -2.40. The van der Waals surface area contributed by atoms with Gasteiger partial charge in [0.25, 0.3) is 5.69 Å². The van der Waals surface area contributed by atoms with Crippen LogP contribution in [0.15, 0.2) is 42.5 Å². The molecule has 0 saturated carbocycles. The summed E-state index contributed by atoms with van der Waals surface area (Å²) in [5.41, 5.74) is 1.47. The molecule has 0 aromatic heterocycles. The lowest BCUT2D eigenvalue weighted by Gasteiger charge is -2.25. The minimum Gasteiger partial charge on any atom is -0.346 e. The Morgan fingerprint density at radius 2 is 1.79 bits per heavy atom. The molecular formula is C19H21FN4O4. The van der Waals surface area contributed by atoms with E-state index >= 15 is 0 Å². The minimum absolute atomic E-state index is 0.104. The molecular weight excluding hydrogens is 367 g/mol. The molecule has 28 heavy (non-hydrogen) atoms. The molecule has 0 saturated heterocycles. The van der Waals surface area contributed by atoms with E-state index in [1.54, 1.807) is 33.2 Å². The Bertz CT molecular complexity index is 884. The number of amides is 2. The van der Waals surface area contributed by atoms with Crippen molar-refractivity contribution in [3.63, 3.8) is 0 Å². The number of hydrogen-bond acceptors (Lipinski definition) is 5. The van der Waals surface area contributed by atoms with Gasteiger partial charge in [0.15, 0.2) is 0 Å². The molecule has 2 N–H and O–H groups in total. The zero-order valence-electron chi connectivity index (χ0n) is 15.7. The lowest BCUT2D eigenvalue weighted by atomic mass is 10.1. The van der Waals surface area contributed by atoms with Crippen LogP contribution in [0.4, 0.5) is 15.8 Å². The third kappa shape index (κ3) is 5.34. The highest BCUT2D eigenvalue weighted by Gasteiger charge is 2.20. The van der Waals surface area contributed by atoms with Crippen LogP contribution in [-0.4, -0.2) is 42.3 Å². The fourth-order valence-corrected chi connectivity index (χ4v) is 2.63. The molecule has 0 aliphatic carbocycles. The van der Waals surface area contributed by atoms with Crippen LogP contribution >= 0.6 is 0 Å². The molecule has 0 fully saturated rings. The van der Waals surface area contributed by atoms with Crippen molar-refractivity contribution in [1.29, 1.82) is 0 Å². The monoisotopic (exact) mass is 388 g/mol. The Labute approximate surface area is 161 Å². The molecule has 1 atom stereocenters. The molecule has 2 amide bonds. The largest absolute Gasteiger partial charge is 0.346 e. The number of carbonyl (C=O) groups is 2. The first-order valence-corrected chi connectivity index (χ1v) is 8.45. The number of nitrogens with one attached hydrogen (secondary N) is 2. The first-order chi connectivity index (χ1) is 13.2. The average Bonchev–Trinajstić information content (AvgIpc) is 2.64. The molecule has 0 radical (unpaired) electrons. The highest BCUT2D eigenvalue weighted by Crippen LogP contribution is 2.21. The SMILES string of the molecule is Cc1cc([N+](=O)[O-])ccc1NC(=O)C(=O)NCC(c1ccc(F)cc1)N(C)C. The average molecular weight is 388 g/mol. The maximum Gasteiger partial charge on any atom is 0.313 e. The van der Waals surface area contributed by atoms with Gasteiger partial charge >= 0.3 is 11.8 Å². The first kappa shape index (κ1) is 21.0. The van der Waals surface area contributed by atoms with Crippen molar-refractivity contribution in [2.75, 3.05) is 26.0 Å². The fraction of sp³-hybridized carbons (Fsp3) is 0.263. The van der Waals surface area contributed by atoms with Crippen molar-refractivity contribution in [3.8, 4) is 0 Å². The highest BCUT2D eigenvalue weighted by molar-refractivity contribution is 6.39. The van der Waals surface area contributed by atoms with Gasteiger partial charge in [-0.15, -0.1) is 0 Å². The number of halogens is 1. The summed E-state index contributed by atoms with van der Waals surface area (Å²) >= 11 is 0. The number of rotatable bonds is 6. The zero-order valence-corrected chi connectivity index (χ0v) is 15.7. The van der Waals surface area contributed by atoms with Crippen molar-refractivity contribution in [3.05, 3.63) is 69.5 Å². The summed E-state index contributed by atoms with van der Waals surface area (Å²) in [4.78, 5) is 36.3. The molecule has 0 aliphatic heterocycles. The first-order valence-electron chi connectivity index (χ1n) is 8.45. The molecule has 0 aliphatic rings. The van der Waals surface area contributed by atoms with Crippen molar-refractivity contribution in [2.45, 2.75) is 13.0 Å². The van der Waals surface area contributed by atoms with Gasteiger partial charge in [-0.2, -0.15) is 0 Å². The van der Waals surface area contributed by atoms with Crippen LogP contribution in [0.2, 0.25) is 0 Å². The van der Waals surface area contributed by atoms with Gasteiger partial charge in [0.05, 0.1) is 11.0 Å². The Hall–Kier alpha value is -3.33. The van der Waals surface area contributed by atoms with Crippen LogP contribution in [-0.2, 0) is 9.59 Å². The quantitative estimate of drug-likeness (QED) is 0.449. The van der Waals surface area contributed by atoms with Crippen molar-refractivity contribution >= 4 is 23.2 Å². The van der Waals surface area contributed by atoms with Gasteiger partial charge in [0.2, 0.25) is 0 Å². The standard InChI is InChI=1S/C19H21FN4O4/c1-12-10-15(24(27)28)8-9-16(12)22-19(26)18(25)21-11-17(23(2)3)13-4-6-14(20)7-5-13/h4-10,17H,11H2,1-3H3,(H,21,25)(H,22,26). The second-order valence-corrected chi connectivity index (χ2v) is 6.45. The molecule has 8 nitrogen and oxygen atoms in total. The third-order valence-corrected chi connectivity index (χ3v) is 4.21. The zero-order chi connectivity index (χ0) is 20.8. The minimum atomic E-state index is -0.881. The molecule has 2 aromatic carbocycles. The number of aryl methyl sites for hydroxylation is 1. The van der Waals surface area contributed by atoms with E-state index in [9.17, 15) is 24.1 Å². The van der Waals surface area contributed by atoms with E-state index in [0.717, 1.165) is 5.56 Å². The molecule has 148 valence electrons. The fourth-order valence-electron chi connectivity index (χ4n) is 2.63. The van der Waals surface area contributed by atoms with Gasteiger partial charge in [0, 0.05) is 24.4 Å². The summed E-state index contributed by atoms with van der Waals surface area (Å²) in [5, 5.41) is 15.8. The van der Waals surface area contributed by atoms with E-state index in [2.05, 4.69) is 10.6 Å². The van der Waals surface area contributed by atoms with Crippen LogP contribution in [0, 0.1) is 22.9 Å². The number of nitro benzene ring substituents is 1. The number of hydrogen-bond donors (Lipinski definition) is 2. The Balaban J connectivity index is 2.00. The van der Waals surface area contributed by atoms with Crippen LogP contribution < -0.4 is 10.6 Å². The number of anilines is 1. The summed E-state index contributed by atoms with van der Waals surface area (Å²) in [7, 11) is 3.61. The summed E-state index contributed by atoms with van der Waals surface area (Å²) in [6, 6.07) is 9.58. The second kappa shape index (κ2) is 9.05. The van der Waals surface area contributed by atoms with Crippen molar-refractivity contribution in [2.24, 2.45) is 0 Å². The molecule has 1 unspecified atom stereocenters. The summed E-state index contributed by atoms with van der Waals surface area (Å²) < 4.78 is 13.1.